The molecule has 0 saturated carbocycles. The molecule has 1 aromatic rings. The van der Waals surface area contributed by atoms with Gasteiger partial charge in [0.05, 0.1) is 0 Å². The lowest BCUT2D eigenvalue weighted by atomic mass is 9.86. The van der Waals surface area contributed by atoms with Gasteiger partial charge in [0.2, 0.25) is 0 Å². The average Bonchev–Trinajstić information content (AvgIpc) is 2.39. The zero-order valence-electron chi connectivity index (χ0n) is 11.2. The van der Waals surface area contributed by atoms with Gasteiger partial charge in [0.25, 0.3) is 0 Å². The van der Waals surface area contributed by atoms with Gasteiger partial charge in [0.15, 0.2) is 0 Å². The molecule has 3 atom stereocenters. The van der Waals surface area contributed by atoms with Crippen molar-refractivity contribution >= 4 is 11.6 Å². The van der Waals surface area contributed by atoms with Crippen molar-refractivity contribution < 1.29 is 0 Å². The molecule has 96 valence electrons. The Morgan fingerprint density at radius 1 is 1.24 bits per heavy atom. The van der Waals surface area contributed by atoms with Gasteiger partial charge in [-0.3, -0.25) is 4.98 Å². The molecule has 0 saturated heterocycles. The molecule has 0 aliphatic carbocycles. The van der Waals surface area contributed by atoms with Gasteiger partial charge in [-0.05, 0) is 36.0 Å². The van der Waals surface area contributed by atoms with Crippen LogP contribution in [0, 0.1) is 5.92 Å². The smallest absolute Gasteiger partial charge is 0.0430 e. The van der Waals surface area contributed by atoms with Crippen LogP contribution in [0.25, 0.3) is 0 Å². The first-order valence-corrected chi connectivity index (χ1v) is 7.18. The molecule has 0 amide bonds. The van der Waals surface area contributed by atoms with E-state index >= 15 is 0 Å². The van der Waals surface area contributed by atoms with Gasteiger partial charge >= 0.3 is 0 Å². The maximum Gasteiger partial charge on any atom is 0.0430 e. The summed E-state index contributed by atoms with van der Waals surface area (Å²) in [6.07, 6.45) is 8.65. The molecule has 2 heteroatoms. The quantitative estimate of drug-likeness (QED) is 0.623. The summed E-state index contributed by atoms with van der Waals surface area (Å²) in [5.41, 5.74) is 1.30. The summed E-state index contributed by atoms with van der Waals surface area (Å²) in [5, 5.41) is 0.231. The predicted molar refractivity (Wildman–Crippen MR) is 75.6 cm³/mol. The maximum absolute atomic E-state index is 6.65. The Hall–Kier alpha value is -0.560. The molecule has 17 heavy (non-hydrogen) atoms. The molecular formula is C15H24ClN. The Morgan fingerprint density at radius 2 is 1.88 bits per heavy atom. The van der Waals surface area contributed by atoms with Crippen molar-refractivity contribution in [2.24, 2.45) is 5.92 Å². The fourth-order valence-corrected chi connectivity index (χ4v) is 2.76. The van der Waals surface area contributed by atoms with Crippen molar-refractivity contribution in [3.05, 3.63) is 30.1 Å². The van der Waals surface area contributed by atoms with Crippen LogP contribution in [0.4, 0.5) is 0 Å². The first-order valence-electron chi connectivity index (χ1n) is 6.74. The number of hydrogen-bond acceptors (Lipinski definition) is 1. The summed E-state index contributed by atoms with van der Waals surface area (Å²) >= 11 is 6.65. The highest BCUT2D eigenvalue weighted by atomic mass is 35.5. The van der Waals surface area contributed by atoms with Crippen LogP contribution in [0.5, 0.6) is 0 Å². The molecular weight excluding hydrogens is 230 g/mol. The van der Waals surface area contributed by atoms with Crippen LogP contribution in [0.2, 0.25) is 0 Å². The van der Waals surface area contributed by atoms with E-state index in [1.807, 2.05) is 12.4 Å². The number of nitrogens with zero attached hydrogens (tertiary/aromatic N) is 1. The van der Waals surface area contributed by atoms with Gasteiger partial charge in [-0.2, -0.15) is 0 Å². The lowest BCUT2D eigenvalue weighted by molar-refractivity contribution is 0.402. The van der Waals surface area contributed by atoms with Crippen molar-refractivity contribution in [2.75, 3.05) is 0 Å². The summed E-state index contributed by atoms with van der Waals surface area (Å²) in [6.45, 7) is 6.71. The SMILES string of the molecule is CCCCC(CC)C(Cl)C(C)c1ccncc1. The van der Waals surface area contributed by atoms with Crippen LogP contribution in [-0.4, -0.2) is 10.4 Å². The Morgan fingerprint density at radius 3 is 2.41 bits per heavy atom. The predicted octanol–water partition coefficient (Wildman–Crippen LogP) is 5.01. The standard InChI is InChI=1S/C15H24ClN/c1-4-6-7-13(5-2)15(16)12(3)14-8-10-17-11-9-14/h8-13,15H,4-7H2,1-3H3. The molecule has 0 aliphatic heterocycles. The van der Waals surface area contributed by atoms with Crippen LogP contribution in [0.15, 0.2) is 24.5 Å². The van der Waals surface area contributed by atoms with E-state index in [4.69, 9.17) is 11.6 Å². The summed E-state index contributed by atoms with van der Waals surface area (Å²) < 4.78 is 0. The zero-order chi connectivity index (χ0) is 12.7. The first kappa shape index (κ1) is 14.5. The molecule has 0 N–H and O–H groups in total. The highest BCUT2D eigenvalue weighted by Gasteiger charge is 2.24. The van der Waals surface area contributed by atoms with E-state index < -0.39 is 0 Å². The molecule has 0 aromatic carbocycles. The Bertz CT molecular complexity index is 299. The minimum absolute atomic E-state index is 0.231. The monoisotopic (exact) mass is 253 g/mol. The zero-order valence-corrected chi connectivity index (χ0v) is 12.0. The van der Waals surface area contributed by atoms with Crippen LogP contribution < -0.4 is 0 Å². The summed E-state index contributed by atoms with van der Waals surface area (Å²) in [4.78, 5) is 4.06. The highest BCUT2D eigenvalue weighted by molar-refractivity contribution is 6.21. The summed E-state index contributed by atoms with van der Waals surface area (Å²) in [7, 11) is 0. The van der Waals surface area contributed by atoms with E-state index in [2.05, 4.69) is 37.9 Å². The Kier molecular flexibility index (Phi) is 6.57. The average molecular weight is 254 g/mol. The van der Waals surface area contributed by atoms with Crippen molar-refractivity contribution in [2.45, 2.75) is 57.7 Å². The fourth-order valence-electron chi connectivity index (χ4n) is 2.31. The van der Waals surface area contributed by atoms with Crippen LogP contribution in [0.3, 0.4) is 0 Å². The van der Waals surface area contributed by atoms with E-state index in [0.717, 1.165) is 0 Å². The lowest BCUT2D eigenvalue weighted by Crippen LogP contribution is -2.20. The van der Waals surface area contributed by atoms with E-state index in [-0.39, 0.29) is 5.38 Å². The Balaban J connectivity index is 2.63. The Labute approximate surface area is 111 Å². The molecule has 0 fully saturated rings. The second-order valence-electron chi connectivity index (χ2n) is 4.82. The van der Waals surface area contributed by atoms with Gasteiger partial charge in [-0.1, -0.05) is 40.0 Å². The summed E-state index contributed by atoms with van der Waals surface area (Å²) in [6, 6.07) is 4.15. The van der Waals surface area contributed by atoms with E-state index in [9.17, 15) is 0 Å². The van der Waals surface area contributed by atoms with Crippen molar-refractivity contribution in [3.8, 4) is 0 Å². The molecule has 1 rings (SSSR count). The van der Waals surface area contributed by atoms with Gasteiger partial charge in [0, 0.05) is 17.8 Å². The van der Waals surface area contributed by atoms with Gasteiger partial charge in [-0.25, -0.2) is 0 Å². The molecule has 1 nitrogen and oxygen atoms in total. The number of rotatable bonds is 7. The molecule has 3 unspecified atom stereocenters. The van der Waals surface area contributed by atoms with Gasteiger partial charge in [0.1, 0.15) is 0 Å². The minimum Gasteiger partial charge on any atom is -0.265 e. The number of unbranched alkanes of at least 4 members (excludes halogenated alkanes) is 1. The van der Waals surface area contributed by atoms with Crippen LogP contribution in [-0.2, 0) is 0 Å². The molecule has 0 radical (unpaired) electrons. The summed E-state index contributed by atoms with van der Waals surface area (Å²) in [5.74, 6) is 1.03. The molecule has 1 heterocycles. The third kappa shape index (κ3) is 4.31. The van der Waals surface area contributed by atoms with Crippen LogP contribution >= 0.6 is 11.6 Å². The molecule has 0 spiro atoms. The number of halogens is 1. The molecule has 0 aliphatic rings. The van der Waals surface area contributed by atoms with Crippen molar-refractivity contribution in [1.29, 1.82) is 0 Å². The van der Waals surface area contributed by atoms with E-state index in [1.165, 1.54) is 31.2 Å². The molecule has 1 aromatic heterocycles. The largest absolute Gasteiger partial charge is 0.265 e. The lowest BCUT2D eigenvalue weighted by Gasteiger charge is -2.26. The first-order chi connectivity index (χ1) is 8.20. The van der Waals surface area contributed by atoms with Crippen molar-refractivity contribution in [1.82, 2.24) is 4.98 Å². The number of aromatic nitrogens is 1. The minimum atomic E-state index is 0.231. The van der Waals surface area contributed by atoms with E-state index in [0.29, 0.717) is 11.8 Å². The third-order valence-corrected chi connectivity index (χ3v) is 4.35. The number of hydrogen-bond donors (Lipinski definition) is 0. The fraction of sp³-hybridized carbons (Fsp3) is 0.667. The second kappa shape index (κ2) is 7.71. The normalized spacial score (nSPS) is 16.5. The third-order valence-electron chi connectivity index (χ3n) is 3.61. The number of alkyl halides is 1. The second-order valence-corrected chi connectivity index (χ2v) is 5.33. The molecule has 0 bridgehead atoms. The topological polar surface area (TPSA) is 12.9 Å². The highest BCUT2D eigenvalue weighted by Crippen LogP contribution is 2.32. The van der Waals surface area contributed by atoms with Gasteiger partial charge < -0.3 is 0 Å². The van der Waals surface area contributed by atoms with Gasteiger partial charge in [-0.15, -0.1) is 11.6 Å². The van der Waals surface area contributed by atoms with E-state index in [1.54, 1.807) is 0 Å². The van der Waals surface area contributed by atoms with Crippen LogP contribution in [0.1, 0.15) is 57.9 Å². The van der Waals surface area contributed by atoms with Crippen molar-refractivity contribution in [3.63, 3.8) is 0 Å². The maximum atomic E-state index is 6.65. The number of pyridine rings is 1.